The van der Waals surface area contributed by atoms with Crippen LogP contribution in [0.4, 0.5) is 0 Å². The third-order valence-electron chi connectivity index (χ3n) is 4.38. The molecule has 1 heterocycles. The van der Waals surface area contributed by atoms with Crippen molar-refractivity contribution in [2.75, 3.05) is 26.7 Å². The van der Waals surface area contributed by atoms with Gasteiger partial charge in [-0.3, -0.25) is 24.1 Å². The number of amides is 3. The molecular weight excluding hydrogens is 336 g/mol. The quantitative estimate of drug-likeness (QED) is 0.496. The van der Waals surface area contributed by atoms with E-state index in [0.717, 1.165) is 17.7 Å². The summed E-state index contributed by atoms with van der Waals surface area (Å²) in [4.78, 5) is 51.2. The molecule has 0 saturated carbocycles. The van der Waals surface area contributed by atoms with Crippen molar-refractivity contribution in [1.82, 2.24) is 9.80 Å². The van der Waals surface area contributed by atoms with Crippen LogP contribution in [0.15, 0.2) is 24.3 Å². The molecule has 2 rings (SSSR count). The fourth-order valence-electron chi connectivity index (χ4n) is 2.85. The van der Waals surface area contributed by atoms with Crippen molar-refractivity contribution < 1.29 is 23.9 Å². The zero-order valence-corrected chi connectivity index (χ0v) is 15.2. The summed E-state index contributed by atoms with van der Waals surface area (Å²) >= 11 is 0. The largest absolute Gasteiger partial charge is 0.469 e. The van der Waals surface area contributed by atoms with E-state index in [-0.39, 0.29) is 49.6 Å². The predicted octanol–water partition coefficient (Wildman–Crippen LogP) is 1.86. The van der Waals surface area contributed by atoms with Crippen LogP contribution in [0, 0.1) is 0 Å². The minimum atomic E-state index is -0.375. The van der Waals surface area contributed by atoms with E-state index in [9.17, 15) is 19.2 Å². The molecule has 0 radical (unpaired) electrons. The molecule has 0 atom stereocenters. The maximum absolute atomic E-state index is 12.5. The smallest absolute Gasteiger partial charge is 0.307 e. The summed E-state index contributed by atoms with van der Waals surface area (Å²) in [6.07, 6.45) is 1.90. The third-order valence-corrected chi connectivity index (χ3v) is 4.38. The lowest BCUT2D eigenvalue weighted by Crippen LogP contribution is -2.38. The molecule has 0 N–H and O–H groups in total. The van der Waals surface area contributed by atoms with Crippen LogP contribution in [0.1, 0.15) is 53.3 Å². The normalized spacial score (nSPS) is 12.9. The van der Waals surface area contributed by atoms with Crippen LogP contribution in [-0.4, -0.2) is 60.2 Å². The van der Waals surface area contributed by atoms with Gasteiger partial charge in [-0.2, -0.15) is 0 Å². The molecule has 0 fully saturated rings. The second kappa shape index (κ2) is 9.12. The van der Waals surface area contributed by atoms with Crippen LogP contribution in [0.5, 0.6) is 0 Å². The second-order valence-electron chi connectivity index (χ2n) is 6.12. The first-order chi connectivity index (χ1) is 12.5. The number of unbranched alkanes of at least 4 members (excludes halogenated alkanes) is 1. The van der Waals surface area contributed by atoms with Gasteiger partial charge >= 0.3 is 5.97 Å². The monoisotopic (exact) mass is 360 g/mol. The molecule has 1 aliphatic rings. The minimum Gasteiger partial charge on any atom is -0.469 e. The van der Waals surface area contributed by atoms with E-state index < -0.39 is 0 Å². The lowest BCUT2D eigenvalue weighted by atomic mass is 10.1. The molecule has 1 aromatic rings. The molecule has 1 aromatic carbocycles. The molecule has 26 heavy (non-hydrogen) atoms. The summed E-state index contributed by atoms with van der Waals surface area (Å²) in [5.41, 5.74) is 0.747. The standard InChI is InChI=1S/C19H24N2O5/c1-3-4-11-20(12-10-17(23)26-2)16(22)9-13-21-18(24)14-7-5-6-8-15(14)19(21)25/h5-8H,3-4,9-13H2,1-2H3. The van der Waals surface area contributed by atoms with Gasteiger partial charge < -0.3 is 9.64 Å². The molecule has 0 aromatic heterocycles. The van der Waals surface area contributed by atoms with Crippen LogP contribution in [0.25, 0.3) is 0 Å². The van der Waals surface area contributed by atoms with E-state index >= 15 is 0 Å². The number of rotatable bonds is 9. The van der Waals surface area contributed by atoms with Gasteiger partial charge in [0, 0.05) is 26.1 Å². The first kappa shape index (κ1) is 19.6. The summed E-state index contributed by atoms with van der Waals surface area (Å²) < 4.78 is 4.62. The van der Waals surface area contributed by atoms with Gasteiger partial charge in [0.15, 0.2) is 0 Å². The Hall–Kier alpha value is -2.70. The van der Waals surface area contributed by atoms with Crippen molar-refractivity contribution in [1.29, 1.82) is 0 Å². The van der Waals surface area contributed by atoms with Crippen LogP contribution in [0.3, 0.4) is 0 Å². The molecule has 3 amide bonds. The highest BCUT2D eigenvalue weighted by atomic mass is 16.5. The molecule has 7 heteroatoms. The Kier molecular flexibility index (Phi) is 6.89. The maximum Gasteiger partial charge on any atom is 0.307 e. The number of benzene rings is 1. The highest BCUT2D eigenvalue weighted by Crippen LogP contribution is 2.22. The Labute approximate surface area is 152 Å². The lowest BCUT2D eigenvalue weighted by Gasteiger charge is -2.23. The SMILES string of the molecule is CCCCN(CCC(=O)OC)C(=O)CCN1C(=O)c2ccccc2C1=O. The zero-order chi connectivity index (χ0) is 19.1. The van der Waals surface area contributed by atoms with Gasteiger partial charge in [-0.1, -0.05) is 25.5 Å². The fraction of sp³-hybridized carbons (Fsp3) is 0.474. The molecule has 0 spiro atoms. The van der Waals surface area contributed by atoms with E-state index in [4.69, 9.17) is 0 Å². The first-order valence-corrected chi connectivity index (χ1v) is 8.79. The molecule has 0 aliphatic carbocycles. The maximum atomic E-state index is 12.5. The average Bonchev–Trinajstić information content (AvgIpc) is 2.90. The number of fused-ring (bicyclic) bond motifs is 1. The van der Waals surface area contributed by atoms with Gasteiger partial charge in [-0.15, -0.1) is 0 Å². The number of ether oxygens (including phenoxy) is 1. The zero-order valence-electron chi connectivity index (χ0n) is 15.2. The van der Waals surface area contributed by atoms with Gasteiger partial charge in [0.1, 0.15) is 0 Å². The Morgan fingerprint density at radius 2 is 1.65 bits per heavy atom. The minimum absolute atomic E-state index is 0.0338. The number of hydrogen-bond acceptors (Lipinski definition) is 5. The van der Waals surface area contributed by atoms with Crippen molar-refractivity contribution in [3.8, 4) is 0 Å². The Morgan fingerprint density at radius 1 is 1.04 bits per heavy atom. The van der Waals surface area contributed by atoms with Crippen molar-refractivity contribution >= 4 is 23.7 Å². The van der Waals surface area contributed by atoms with Crippen molar-refractivity contribution in [2.24, 2.45) is 0 Å². The number of hydrogen-bond donors (Lipinski definition) is 0. The van der Waals surface area contributed by atoms with Crippen LogP contribution in [-0.2, 0) is 14.3 Å². The Balaban J connectivity index is 1.95. The van der Waals surface area contributed by atoms with Gasteiger partial charge in [-0.25, -0.2) is 0 Å². The van der Waals surface area contributed by atoms with E-state index in [0.29, 0.717) is 17.7 Å². The van der Waals surface area contributed by atoms with Gasteiger partial charge in [0.05, 0.1) is 24.7 Å². The van der Waals surface area contributed by atoms with Gasteiger partial charge in [-0.05, 0) is 18.6 Å². The van der Waals surface area contributed by atoms with Gasteiger partial charge in [0.2, 0.25) is 5.91 Å². The first-order valence-electron chi connectivity index (χ1n) is 8.79. The van der Waals surface area contributed by atoms with E-state index in [1.807, 2.05) is 6.92 Å². The molecule has 7 nitrogen and oxygen atoms in total. The van der Waals surface area contributed by atoms with Crippen molar-refractivity contribution in [3.05, 3.63) is 35.4 Å². The number of nitrogens with zero attached hydrogens (tertiary/aromatic N) is 2. The number of esters is 1. The number of carbonyl (C=O) groups excluding carboxylic acids is 4. The highest BCUT2D eigenvalue weighted by Gasteiger charge is 2.35. The van der Waals surface area contributed by atoms with E-state index in [2.05, 4.69) is 4.74 Å². The lowest BCUT2D eigenvalue weighted by molar-refractivity contribution is -0.141. The predicted molar refractivity (Wildman–Crippen MR) is 94.5 cm³/mol. The van der Waals surface area contributed by atoms with Crippen molar-refractivity contribution in [3.63, 3.8) is 0 Å². The molecule has 140 valence electrons. The summed E-state index contributed by atoms with van der Waals surface area (Å²) in [6, 6.07) is 6.64. The fourth-order valence-corrected chi connectivity index (χ4v) is 2.85. The molecule has 1 aliphatic heterocycles. The topological polar surface area (TPSA) is 84.0 Å². The number of imide groups is 1. The Bertz CT molecular complexity index is 666. The molecular formula is C19H24N2O5. The second-order valence-corrected chi connectivity index (χ2v) is 6.12. The summed E-state index contributed by atoms with van der Waals surface area (Å²) in [6.45, 7) is 2.86. The van der Waals surface area contributed by atoms with Crippen LogP contribution in [0.2, 0.25) is 0 Å². The van der Waals surface area contributed by atoms with E-state index in [1.54, 1.807) is 29.2 Å². The average molecular weight is 360 g/mol. The van der Waals surface area contributed by atoms with Crippen molar-refractivity contribution in [2.45, 2.75) is 32.6 Å². The summed E-state index contributed by atoms with van der Waals surface area (Å²) in [5.74, 6) is -1.29. The summed E-state index contributed by atoms with van der Waals surface area (Å²) in [7, 11) is 1.31. The van der Waals surface area contributed by atoms with Crippen LogP contribution >= 0.6 is 0 Å². The molecule has 0 saturated heterocycles. The van der Waals surface area contributed by atoms with Crippen LogP contribution < -0.4 is 0 Å². The number of methoxy groups -OCH3 is 1. The van der Waals surface area contributed by atoms with Gasteiger partial charge in [0.25, 0.3) is 11.8 Å². The highest BCUT2D eigenvalue weighted by molar-refractivity contribution is 6.21. The van der Waals surface area contributed by atoms with E-state index in [1.165, 1.54) is 7.11 Å². The number of carbonyl (C=O) groups is 4. The Morgan fingerprint density at radius 3 is 2.19 bits per heavy atom. The molecule has 0 bridgehead atoms. The summed E-state index contributed by atoms with van der Waals surface area (Å²) in [5, 5.41) is 0. The molecule has 0 unspecified atom stereocenters. The third kappa shape index (κ3) is 4.47.